The molecule has 0 bridgehead atoms. The van der Waals surface area contributed by atoms with Crippen LogP contribution in [0.15, 0.2) is 24.5 Å². The molecule has 0 radical (unpaired) electrons. The summed E-state index contributed by atoms with van der Waals surface area (Å²) in [6.45, 7) is 8.50. The zero-order chi connectivity index (χ0) is 33.1. The maximum absolute atomic E-state index is 14.2. The molecule has 0 aliphatic carbocycles. The molecule has 0 unspecified atom stereocenters. The highest BCUT2D eigenvalue weighted by Crippen LogP contribution is 2.44. The summed E-state index contributed by atoms with van der Waals surface area (Å²) in [6.07, 6.45) is 2.15. The Balaban J connectivity index is 1.17. The quantitative estimate of drug-likeness (QED) is 0.359. The number of nitrogens with one attached hydrogen (secondary N) is 1. The molecule has 254 valence electrons. The van der Waals surface area contributed by atoms with Crippen molar-refractivity contribution in [2.24, 2.45) is 5.41 Å². The first-order valence-corrected chi connectivity index (χ1v) is 17.4. The Kier molecular flexibility index (Phi) is 10.7. The summed E-state index contributed by atoms with van der Waals surface area (Å²) in [7, 11) is -3.25. The van der Waals surface area contributed by atoms with Gasteiger partial charge in [-0.2, -0.15) is 0 Å². The number of anilines is 1. The third-order valence-corrected chi connectivity index (χ3v) is 10.4. The summed E-state index contributed by atoms with van der Waals surface area (Å²) < 4.78 is 79.1. The molecule has 5 rings (SSSR count). The van der Waals surface area contributed by atoms with Crippen molar-refractivity contribution in [3.8, 4) is 11.6 Å². The number of ether oxygens (including phenoxy) is 2. The largest absolute Gasteiger partial charge is 0.434 e. The molecule has 46 heavy (non-hydrogen) atoms. The summed E-state index contributed by atoms with van der Waals surface area (Å²) in [5.74, 6) is -0.989. The van der Waals surface area contributed by atoms with E-state index in [1.807, 2.05) is 4.90 Å². The van der Waals surface area contributed by atoms with Gasteiger partial charge >= 0.3 is 0 Å². The molecule has 2 aromatic rings. The summed E-state index contributed by atoms with van der Waals surface area (Å²) >= 11 is 0. The summed E-state index contributed by atoms with van der Waals surface area (Å²) in [5.41, 5.74) is -0.0992. The lowest BCUT2D eigenvalue weighted by Crippen LogP contribution is -2.61. The van der Waals surface area contributed by atoms with Crippen LogP contribution in [0.25, 0.3) is 0 Å². The van der Waals surface area contributed by atoms with Gasteiger partial charge in [0.25, 0.3) is 18.2 Å². The Hall–Kier alpha value is -3.08. The van der Waals surface area contributed by atoms with Crippen LogP contribution in [-0.2, 0) is 14.8 Å². The van der Waals surface area contributed by atoms with Gasteiger partial charge in [0, 0.05) is 37.1 Å². The molecule has 1 amide bonds. The molecule has 4 heterocycles. The highest BCUT2D eigenvalue weighted by Gasteiger charge is 2.46. The Morgan fingerprint density at radius 3 is 2.59 bits per heavy atom. The van der Waals surface area contributed by atoms with Gasteiger partial charge in [-0.05, 0) is 77.7 Å². The van der Waals surface area contributed by atoms with E-state index in [0.717, 1.165) is 75.4 Å². The zero-order valence-corrected chi connectivity index (χ0v) is 27.2. The lowest BCUT2D eigenvalue weighted by atomic mass is 9.72. The second-order valence-electron chi connectivity index (χ2n) is 12.7. The van der Waals surface area contributed by atoms with Crippen molar-refractivity contribution in [3.63, 3.8) is 0 Å². The summed E-state index contributed by atoms with van der Waals surface area (Å²) in [4.78, 5) is 23.0. The number of alkyl halides is 2. The molecule has 3 aliphatic heterocycles. The van der Waals surface area contributed by atoms with E-state index in [-0.39, 0.29) is 40.5 Å². The predicted octanol–water partition coefficient (Wildman–Crippen LogP) is 3.31. The van der Waals surface area contributed by atoms with Crippen LogP contribution in [0, 0.1) is 11.2 Å². The second-order valence-corrected chi connectivity index (χ2v) is 14.7. The number of likely N-dealkylation sites (tertiary alicyclic amines) is 1. The van der Waals surface area contributed by atoms with Gasteiger partial charge in [0.2, 0.25) is 10.0 Å². The van der Waals surface area contributed by atoms with Gasteiger partial charge in [-0.1, -0.05) is 0 Å². The molecule has 3 aliphatic rings. The van der Waals surface area contributed by atoms with Gasteiger partial charge in [-0.15, -0.1) is 10.2 Å². The molecule has 2 atom stereocenters. The molecule has 1 N–H and O–H groups in total. The first-order valence-electron chi connectivity index (χ1n) is 15.7. The van der Waals surface area contributed by atoms with Gasteiger partial charge in [0.05, 0.1) is 30.6 Å². The number of nitrogens with zero attached hydrogens (tertiary/aromatic N) is 6. The monoisotopic (exact) mass is 669 g/mol. The second kappa shape index (κ2) is 14.4. The first-order chi connectivity index (χ1) is 21.9. The molecule has 1 aromatic carbocycles. The van der Waals surface area contributed by atoms with Gasteiger partial charge in [0.15, 0.2) is 5.82 Å². The molecule has 3 fully saturated rings. The molecule has 12 nitrogen and oxygen atoms in total. The van der Waals surface area contributed by atoms with Gasteiger partial charge in [0.1, 0.15) is 17.9 Å². The number of benzene rings is 1. The molecule has 3 saturated heterocycles. The third-order valence-electron chi connectivity index (χ3n) is 9.00. The molecule has 1 aromatic heterocycles. The standard InChI is InChI=1S/C30H42F3N7O5S/c1-4-46(42,43)37-22-6-7-23(44-16-22)14-38-11-9-30(10-12-38)17-39(18-30)27-28(36-35-19-34-27)45-25-8-5-21(31)13-24(25)29(41)40(20(2)3)15-26(32)33/h5,8,13,19-20,22-23,26,37H,4,6-7,9-12,14-18H2,1-3H3/t22-,23+/m1/s1. The number of rotatable bonds is 12. The number of hydrogen-bond acceptors (Lipinski definition) is 10. The highest BCUT2D eigenvalue weighted by molar-refractivity contribution is 7.89. The van der Waals surface area contributed by atoms with E-state index in [2.05, 4.69) is 24.8 Å². The normalized spacial score (nSPS) is 21.9. The lowest BCUT2D eigenvalue weighted by Gasteiger charge is -2.54. The number of sulfonamides is 1. The molecular weight excluding hydrogens is 627 g/mol. The van der Waals surface area contributed by atoms with E-state index in [1.165, 1.54) is 12.4 Å². The lowest BCUT2D eigenvalue weighted by molar-refractivity contribution is -0.0299. The van der Waals surface area contributed by atoms with Crippen molar-refractivity contribution in [3.05, 3.63) is 35.9 Å². The van der Waals surface area contributed by atoms with Crippen LogP contribution >= 0.6 is 0 Å². The maximum Gasteiger partial charge on any atom is 0.282 e. The number of piperidine rings is 1. The van der Waals surface area contributed by atoms with Crippen LogP contribution in [0.4, 0.5) is 19.0 Å². The van der Waals surface area contributed by atoms with Crippen molar-refractivity contribution in [2.75, 3.05) is 56.5 Å². The van der Waals surface area contributed by atoms with E-state index in [4.69, 9.17) is 9.47 Å². The number of hydrogen-bond donors (Lipinski definition) is 1. The van der Waals surface area contributed by atoms with Crippen LogP contribution in [0.2, 0.25) is 0 Å². The number of carbonyl (C=O) groups excluding carboxylic acids is 1. The topological polar surface area (TPSA) is 130 Å². The van der Waals surface area contributed by atoms with E-state index in [9.17, 15) is 26.4 Å². The van der Waals surface area contributed by atoms with Crippen LogP contribution in [0.3, 0.4) is 0 Å². The summed E-state index contributed by atoms with van der Waals surface area (Å²) in [5, 5.41) is 7.93. The summed E-state index contributed by atoms with van der Waals surface area (Å²) in [6, 6.07) is 2.64. The number of amides is 1. The van der Waals surface area contributed by atoms with Crippen LogP contribution in [0.5, 0.6) is 11.6 Å². The minimum atomic E-state index is -3.25. The fourth-order valence-corrected chi connectivity index (χ4v) is 7.20. The Morgan fingerprint density at radius 1 is 1.22 bits per heavy atom. The third kappa shape index (κ3) is 8.25. The Morgan fingerprint density at radius 2 is 1.96 bits per heavy atom. The average Bonchev–Trinajstić information content (AvgIpc) is 3.01. The predicted molar refractivity (Wildman–Crippen MR) is 164 cm³/mol. The smallest absolute Gasteiger partial charge is 0.282 e. The maximum atomic E-state index is 14.2. The molecule has 16 heteroatoms. The van der Waals surface area contributed by atoms with Crippen LogP contribution in [-0.4, -0.2) is 116 Å². The van der Waals surface area contributed by atoms with Crippen molar-refractivity contribution in [1.29, 1.82) is 0 Å². The minimum Gasteiger partial charge on any atom is -0.434 e. The Labute approximate surface area is 267 Å². The highest BCUT2D eigenvalue weighted by atomic mass is 32.2. The van der Waals surface area contributed by atoms with Crippen molar-refractivity contribution in [2.45, 2.75) is 71.1 Å². The number of aromatic nitrogens is 3. The van der Waals surface area contributed by atoms with Gasteiger partial charge in [-0.25, -0.2) is 31.3 Å². The van der Waals surface area contributed by atoms with E-state index in [0.29, 0.717) is 12.4 Å². The number of carbonyl (C=O) groups is 1. The van der Waals surface area contributed by atoms with Crippen molar-refractivity contribution >= 4 is 21.7 Å². The molecule has 0 saturated carbocycles. The molecular formula is C30H42F3N7O5S. The first kappa shape index (κ1) is 34.3. The van der Waals surface area contributed by atoms with Crippen LogP contribution < -0.4 is 14.4 Å². The Bertz CT molecular complexity index is 1460. The van der Waals surface area contributed by atoms with E-state index >= 15 is 0 Å². The van der Waals surface area contributed by atoms with Crippen LogP contribution in [0.1, 0.15) is 56.8 Å². The van der Waals surface area contributed by atoms with Gasteiger partial charge < -0.3 is 24.2 Å². The van der Waals surface area contributed by atoms with Gasteiger partial charge in [-0.3, -0.25) is 4.79 Å². The fourth-order valence-electron chi connectivity index (χ4n) is 6.34. The SMILES string of the molecule is CCS(=O)(=O)N[C@@H]1CC[C@@H](CN2CCC3(CC2)CN(c2ncnnc2Oc2ccc(F)cc2C(=O)N(CC(F)F)C(C)C)C3)OC1. The van der Waals surface area contributed by atoms with E-state index in [1.54, 1.807) is 20.8 Å². The van der Waals surface area contributed by atoms with Crippen molar-refractivity contribution < 1.29 is 35.9 Å². The fraction of sp³-hybridized carbons (Fsp3) is 0.667. The molecule has 1 spiro atoms. The average molecular weight is 670 g/mol. The van der Waals surface area contributed by atoms with E-state index < -0.39 is 40.8 Å². The number of halogens is 3. The van der Waals surface area contributed by atoms with Crippen molar-refractivity contribution in [1.82, 2.24) is 29.7 Å². The minimum absolute atomic E-state index is 0.0302. The zero-order valence-electron chi connectivity index (χ0n) is 26.4.